The lowest BCUT2D eigenvalue weighted by molar-refractivity contribution is 0.326. The Balaban J connectivity index is 1.83. The molecule has 3 rings (SSSR count). The Kier molecular flexibility index (Phi) is 3.90. The number of fused-ring (bicyclic) bond motifs is 1. The summed E-state index contributed by atoms with van der Waals surface area (Å²) in [5.74, 6) is 1.18. The first-order valence-electron chi connectivity index (χ1n) is 7.37. The van der Waals surface area contributed by atoms with Crippen molar-refractivity contribution in [1.29, 1.82) is 0 Å². The Labute approximate surface area is 124 Å². The quantitative estimate of drug-likeness (QED) is 0.902. The molecule has 2 N–H and O–H groups in total. The van der Waals surface area contributed by atoms with Crippen molar-refractivity contribution in [2.24, 2.45) is 0 Å². The molecule has 0 unspecified atom stereocenters. The van der Waals surface area contributed by atoms with Gasteiger partial charge in [0.2, 0.25) is 11.8 Å². The predicted molar refractivity (Wildman–Crippen MR) is 84.5 cm³/mol. The topological polar surface area (TPSA) is 59.1 Å². The van der Waals surface area contributed by atoms with E-state index in [2.05, 4.69) is 32.7 Å². The molecule has 2 heterocycles. The minimum Gasteiger partial charge on any atom is -0.478 e. The van der Waals surface area contributed by atoms with Gasteiger partial charge >= 0.3 is 0 Å². The highest BCUT2D eigenvalue weighted by Gasteiger charge is 2.10. The third-order valence-corrected chi connectivity index (χ3v) is 3.42. The number of aryl methyl sites for hydroxylation is 2. The molecule has 0 aliphatic carbocycles. The van der Waals surface area contributed by atoms with E-state index in [0.717, 1.165) is 24.3 Å². The summed E-state index contributed by atoms with van der Waals surface area (Å²) in [5.41, 5.74) is 4.46. The first-order chi connectivity index (χ1) is 10.2. The summed E-state index contributed by atoms with van der Waals surface area (Å²) in [4.78, 5) is 8.78. The highest BCUT2D eigenvalue weighted by Crippen LogP contribution is 2.26. The van der Waals surface area contributed by atoms with Crippen LogP contribution >= 0.6 is 0 Å². The van der Waals surface area contributed by atoms with Gasteiger partial charge in [0.15, 0.2) is 0 Å². The molecule has 0 radical (unpaired) electrons. The number of nitrogens with zero attached hydrogens (tertiary/aromatic N) is 2. The van der Waals surface area contributed by atoms with E-state index < -0.39 is 0 Å². The summed E-state index contributed by atoms with van der Waals surface area (Å²) < 4.78 is 5.45. The van der Waals surface area contributed by atoms with Crippen molar-refractivity contribution < 1.29 is 4.74 Å². The van der Waals surface area contributed by atoms with Crippen molar-refractivity contribution in [2.45, 2.75) is 26.7 Å². The minimum absolute atomic E-state index is 0.571. The molecule has 2 aromatic rings. The highest BCUT2D eigenvalue weighted by molar-refractivity contribution is 5.63. The van der Waals surface area contributed by atoms with Gasteiger partial charge in [0.1, 0.15) is 0 Å². The normalized spacial score (nSPS) is 13.2. The van der Waals surface area contributed by atoms with Crippen molar-refractivity contribution in [3.05, 3.63) is 35.5 Å². The van der Waals surface area contributed by atoms with E-state index in [0.29, 0.717) is 18.4 Å². The van der Waals surface area contributed by atoms with Crippen molar-refractivity contribution in [2.75, 3.05) is 23.8 Å². The Bertz CT molecular complexity index is 642. The molecule has 5 nitrogen and oxygen atoms in total. The number of aromatic nitrogens is 2. The average Bonchev–Trinajstić information content (AvgIpc) is 2.47. The van der Waals surface area contributed by atoms with Crippen LogP contribution in [0.15, 0.2) is 24.3 Å². The van der Waals surface area contributed by atoms with E-state index >= 15 is 0 Å². The van der Waals surface area contributed by atoms with Crippen molar-refractivity contribution in [1.82, 2.24) is 9.97 Å². The molecule has 1 aromatic heterocycles. The number of anilines is 3. The van der Waals surface area contributed by atoms with Crippen LogP contribution in [0.25, 0.3) is 0 Å². The van der Waals surface area contributed by atoms with Crippen LogP contribution in [-0.2, 0) is 6.42 Å². The third-order valence-electron chi connectivity index (χ3n) is 3.42. The summed E-state index contributed by atoms with van der Waals surface area (Å²) in [6.07, 6.45) is 2.28. The average molecular weight is 284 g/mol. The number of ether oxygens (including phenoxy) is 1. The monoisotopic (exact) mass is 284 g/mol. The van der Waals surface area contributed by atoms with Gasteiger partial charge in [-0.1, -0.05) is 0 Å². The van der Waals surface area contributed by atoms with E-state index in [4.69, 9.17) is 4.74 Å². The van der Waals surface area contributed by atoms with Gasteiger partial charge in [-0.05, 0) is 50.5 Å². The Morgan fingerprint density at radius 1 is 1.29 bits per heavy atom. The first kappa shape index (κ1) is 13.7. The summed E-state index contributed by atoms with van der Waals surface area (Å²) in [6.45, 7) is 5.53. The Morgan fingerprint density at radius 2 is 2.19 bits per heavy atom. The van der Waals surface area contributed by atoms with Crippen molar-refractivity contribution in [3.8, 4) is 5.88 Å². The molecular formula is C16H20N4O. The van der Waals surface area contributed by atoms with Gasteiger partial charge in [-0.25, -0.2) is 4.98 Å². The lowest BCUT2D eigenvalue weighted by atomic mass is 10.0. The number of hydrogen-bond acceptors (Lipinski definition) is 5. The van der Waals surface area contributed by atoms with E-state index in [9.17, 15) is 0 Å². The molecule has 0 saturated heterocycles. The number of hydrogen-bond donors (Lipinski definition) is 2. The van der Waals surface area contributed by atoms with Gasteiger partial charge in [-0.3, -0.25) is 0 Å². The largest absolute Gasteiger partial charge is 0.478 e. The van der Waals surface area contributed by atoms with Crippen LogP contribution in [0.3, 0.4) is 0 Å². The SMILES string of the molecule is CCOc1cc(C)nc(Nc2ccc3c(c2)CCCN3)n1. The second kappa shape index (κ2) is 5.99. The van der Waals surface area contributed by atoms with Crippen LogP contribution in [0, 0.1) is 6.92 Å². The fourth-order valence-corrected chi connectivity index (χ4v) is 2.50. The zero-order valence-corrected chi connectivity index (χ0v) is 12.4. The van der Waals surface area contributed by atoms with E-state index in [-0.39, 0.29) is 0 Å². The number of benzene rings is 1. The van der Waals surface area contributed by atoms with Gasteiger partial charge in [0, 0.05) is 29.7 Å². The van der Waals surface area contributed by atoms with Crippen molar-refractivity contribution in [3.63, 3.8) is 0 Å². The summed E-state index contributed by atoms with van der Waals surface area (Å²) in [7, 11) is 0. The van der Waals surface area contributed by atoms with Crippen LogP contribution in [-0.4, -0.2) is 23.1 Å². The minimum atomic E-state index is 0.571. The molecule has 1 aliphatic rings. The number of rotatable bonds is 4. The standard InChI is InChI=1S/C16H20N4O/c1-3-21-15-9-11(2)18-16(20-15)19-13-6-7-14-12(10-13)5-4-8-17-14/h6-7,9-10,17H,3-5,8H2,1-2H3,(H,18,19,20). The molecule has 0 saturated carbocycles. The Morgan fingerprint density at radius 3 is 3.05 bits per heavy atom. The molecule has 0 atom stereocenters. The predicted octanol–water partition coefficient (Wildman–Crippen LogP) is 3.29. The zero-order valence-electron chi connectivity index (χ0n) is 12.4. The van der Waals surface area contributed by atoms with Crippen LogP contribution < -0.4 is 15.4 Å². The van der Waals surface area contributed by atoms with Gasteiger partial charge < -0.3 is 15.4 Å². The fraction of sp³-hybridized carbons (Fsp3) is 0.375. The smallest absolute Gasteiger partial charge is 0.230 e. The van der Waals surface area contributed by atoms with E-state index in [1.54, 1.807) is 0 Å². The van der Waals surface area contributed by atoms with Crippen LogP contribution in [0.2, 0.25) is 0 Å². The summed E-state index contributed by atoms with van der Waals surface area (Å²) in [6, 6.07) is 8.15. The third kappa shape index (κ3) is 3.24. The molecule has 0 fully saturated rings. The summed E-state index contributed by atoms with van der Waals surface area (Å²) >= 11 is 0. The first-order valence-corrected chi connectivity index (χ1v) is 7.37. The van der Waals surface area contributed by atoms with Crippen LogP contribution in [0.4, 0.5) is 17.3 Å². The molecule has 0 spiro atoms. The molecule has 1 aliphatic heterocycles. The second-order valence-corrected chi connectivity index (χ2v) is 5.13. The maximum Gasteiger partial charge on any atom is 0.230 e. The van der Waals surface area contributed by atoms with Gasteiger partial charge in [-0.2, -0.15) is 4.98 Å². The zero-order chi connectivity index (χ0) is 14.7. The van der Waals surface area contributed by atoms with Crippen LogP contribution in [0.5, 0.6) is 5.88 Å². The van der Waals surface area contributed by atoms with Gasteiger partial charge in [0.05, 0.1) is 6.61 Å². The molecule has 21 heavy (non-hydrogen) atoms. The molecule has 0 bridgehead atoms. The van der Waals surface area contributed by atoms with E-state index in [1.165, 1.54) is 17.7 Å². The van der Waals surface area contributed by atoms with Crippen LogP contribution in [0.1, 0.15) is 24.6 Å². The molecule has 5 heteroatoms. The molecular weight excluding hydrogens is 264 g/mol. The lowest BCUT2D eigenvalue weighted by Gasteiger charge is -2.19. The van der Waals surface area contributed by atoms with E-state index in [1.807, 2.05) is 26.0 Å². The second-order valence-electron chi connectivity index (χ2n) is 5.13. The highest BCUT2D eigenvalue weighted by atomic mass is 16.5. The molecule has 1 aromatic carbocycles. The maximum atomic E-state index is 5.45. The number of nitrogens with one attached hydrogen (secondary N) is 2. The van der Waals surface area contributed by atoms with Gasteiger partial charge in [0.25, 0.3) is 0 Å². The Hall–Kier alpha value is -2.30. The van der Waals surface area contributed by atoms with Crippen molar-refractivity contribution >= 4 is 17.3 Å². The lowest BCUT2D eigenvalue weighted by Crippen LogP contribution is -2.11. The van der Waals surface area contributed by atoms with Gasteiger partial charge in [-0.15, -0.1) is 0 Å². The summed E-state index contributed by atoms with van der Waals surface area (Å²) in [5, 5.41) is 6.67. The fourth-order valence-electron chi connectivity index (χ4n) is 2.50. The molecule has 110 valence electrons. The maximum absolute atomic E-state index is 5.45. The molecule has 0 amide bonds.